The third-order valence-corrected chi connectivity index (χ3v) is 3.70. The number of unbranched alkanes of at least 4 members (excludes halogenated alkanes) is 8. The summed E-state index contributed by atoms with van der Waals surface area (Å²) < 4.78 is 5.75. The zero-order valence-corrected chi connectivity index (χ0v) is 13.3. The van der Waals surface area contributed by atoms with Gasteiger partial charge in [0, 0.05) is 0 Å². The quantitative estimate of drug-likeness (QED) is 0.421. The van der Waals surface area contributed by atoms with Gasteiger partial charge in [-0.2, -0.15) is 0 Å². The fourth-order valence-electron chi connectivity index (χ4n) is 2.48. The zero-order chi connectivity index (χ0) is 14.2. The standard InChI is InChI=1S/C17H36O2/c1-3-5-7-9-10-12-14-17(19-16-15-18)13-11-8-6-4-2/h17-18H,3-16H2,1-2H3. The van der Waals surface area contributed by atoms with Gasteiger partial charge >= 0.3 is 0 Å². The number of aliphatic hydroxyl groups is 1. The van der Waals surface area contributed by atoms with Gasteiger partial charge in [0.05, 0.1) is 19.3 Å². The highest BCUT2D eigenvalue weighted by molar-refractivity contribution is 4.60. The average molecular weight is 272 g/mol. The van der Waals surface area contributed by atoms with Crippen molar-refractivity contribution in [3.63, 3.8) is 0 Å². The van der Waals surface area contributed by atoms with E-state index in [2.05, 4.69) is 13.8 Å². The van der Waals surface area contributed by atoms with Crippen molar-refractivity contribution in [1.82, 2.24) is 0 Å². The monoisotopic (exact) mass is 272 g/mol. The summed E-state index contributed by atoms with van der Waals surface area (Å²) in [6, 6.07) is 0. The molecule has 0 aliphatic carbocycles. The van der Waals surface area contributed by atoms with Crippen LogP contribution in [0.1, 0.15) is 90.9 Å². The Morgan fingerprint density at radius 2 is 1.21 bits per heavy atom. The molecule has 0 aliphatic heterocycles. The molecule has 0 radical (unpaired) electrons. The van der Waals surface area contributed by atoms with E-state index < -0.39 is 0 Å². The molecule has 1 unspecified atom stereocenters. The first kappa shape index (κ1) is 18.9. The molecule has 0 aromatic heterocycles. The van der Waals surface area contributed by atoms with E-state index in [4.69, 9.17) is 9.84 Å². The molecule has 0 heterocycles. The fourth-order valence-corrected chi connectivity index (χ4v) is 2.48. The normalized spacial score (nSPS) is 12.8. The SMILES string of the molecule is CCCCCCCCC(CCCCCC)OCCO. The van der Waals surface area contributed by atoms with E-state index in [-0.39, 0.29) is 6.61 Å². The van der Waals surface area contributed by atoms with Crippen LogP contribution >= 0.6 is 0 Å². The van der Waals surface area contributed by atoms with Gasteiger partial charge in [-0.15, -0.1) is 0 Å². The molecule has 0 amide bonds. The molecule has 0 aliphatic rings. The van der Waals surface area contributed by atoms with Gasteiger partial charge in [-0.3, -0.25) is 0 Å². The van der Waals surface area contributed by atoms with E-state index in [1.54, 1.807) is 0 Å². The predicted molar refractivity (Wildman–Crippen MR) is 83.6 cm³/mol. The largest absolute Gasteiger partial charge is 0.394 e. The molecule has 0 spiro atoms. The van der Waals surface area contributed by atoms with Gasteiger partial charge in [-0.25, -0.2) is 0 Å². The number of aliphatic hydroxyl groups excluding tert-OH is 1. The Bertz CT molecular complexity index is 159. The van der Waals surface area contributed by atoms with Gasteiger partial charge in [-0.05, 0) is 12.8 Å². The molecule has 1 N–H and O–H groups in total. The summed E-state index contributed by atoms with van der Waals surface area (Å²) in [6.07, 6.45) is 16.0. The van der Waals surface area contributed by atoms with Gasteiger partial charge in [0.1, 0.15) is 0 Å². The fraction of sp³-hybridized carbons (Fsp3) is 1.00. The Balaban J connectivity index is 3.55. The van der Waals surface area contributed by atoms with E-state index in [0.29, 0.717) is 12.7 Å². The van der Waals surface area contributed by atoms with E-state index in [9.17, 15) is 0 Å². The van der Waals surface area contributed by atoms with Crippen LogP contribution in [0, 0.1) is 0 Å². The van der Waals surface area contributed by atoms with Gasteiger partial charge in [-0.1, -0.05) is 78.1 Å². The number of hydrogen-bond acceptors (Lipinski definition) is 2. The lowest BCUT2D eigenvalue weighted by Gasteiger charge is -2.17. The smallest absolute Gasteiger partial charge is 0.0701 e. The molecule has 0 saturated heterocycles. The first-order chi connectivity index (χ1) is 9.35. The Hall–Kier alpha value is -0.0800. The van der Waals surface area contributed by atoms with Crippen molar-refractivity contribution < 1.29 is 9.84 Å². The minimum Gasteiger partial charge on any atom is -0.394 e. The number of ether oxygens (including phenoxy) is 1. The van der Waals surface area contributed by atoms with Gasteiger partial charge in [0.25, 0.3) is 0 Å². The first-order valence-corrected chi connectivity index (χ1v) is 8.57. The predicted octanol–water partition coefficient (Wildman–Crippen LogP) is 5.08. The summed E-state index contributed by atoms with van der Waals surface area (Å²) in [5.74, 6) is 0. The van der Waals surface area contributed by atoms with Gasteiger partial charge in [0.2, 0.25) is 0 Å². The Kier molecular flexibility index (Phi) is 15.9. The first-order valence-electron chi connectivity index (χ1n) is 8.57. The van der Waals surface area contributed by atoms with Crippen molar-refractivity contribution in [3.05, 3.63) is 0 Å². The van der Waals surface area contributed by atoms with Crippen LogP contribution < -0.4 is 0 Å². The van der Waals surface area contributed by atoms with E-state index in [1.165, 1.54) is 77.0 Å². The molecule has 0 bridgehead atoms. The lowest BCUT2D eigenvalue weighted by Crippen LogP contribution is -2.15. The highest BCUT2D eigenvalue weighted by Crippen LogP contribution is 2.15. The maximum Gasteiger partial charge on any atom is 0.0701 e. The minimum atomic E-state index is 0.155. The second kappa shape index (κ2) is 16.0. The molecule has 0 aromatic rings. The Labute approximate surface area is 120 Å². The molecule has 0 rings (SSSR count). The zero-order valence-electron chi connectivity index (χ0n) is 13.3. The van der Waals surface area contributed by atoms with Crippen LogP contribution in [0.3, 0.4) is 0 Å². The highest BCUT2D eigenvalue weighted by Gasteiger charge is 2.08. The molecule has 0 saturated carbocycles. The molecule has 1 atom stereocenters. The topological polar surface area (TPSA) is 29.5 Å². The van der Waals surface area contributed by atoms with Crippen LogP contribution in [0.5, 0.6) is 0 Å². The second-order valence-electron chi connectivity index (χ2n) is 5.62. The number of rotatable bonds is 15. The van der Waals surface area contributed by atoms with Crippen LogP contribution in [0.2, 0.25) is 0 Å². The molecular formula is C17H36O2. The van der Waals surface area contributed by atoms with Crippen molar-refractivity contribution in [1.29, 1.82) is 0 Å². The Morgan fingerprint density at radius 1 is 0.737 bits per heavy atom. The molecular weight excluding hydrogens is 236 g/mol. The van der Waals surface area contributed by atoms with E-state index >= 15 is 0 Å². The lowest BCUT2D eigenvalue weighted by atomic mass is 10.0. The summed E-state index contributed by atoms with van der Waals surface area (Å²) in [4.78, 5) is 0. The van der Waals surface area contributed by atoms with Gasteiger partial charge < -0.3 is 9.84 Å². The molecule has 19 heavy (non-hydrogen) atoms. The molecule has 2 nitrogen and oxygen atoms in total. The van der Waals surface area contributed by atoms with E-state index in [1.807, 2.05) is 0 Å². The van der Waals surface area contributed by atoms with Crippen LogP contribution in [-0.2, 0) is 4.74 Å². The summed E-state index contributed by atoms with van der Waals surface area (Å²) in [6.45, 7) is 5.17. The summed E-state index contributed by atoms with van der Waals surface area (Å²) in [7, 11) is 0. The molecule has 0 aromatic carbocycles. The van der Waals surface area contributed by atoms with Gasteiger partial charge in [0.15, 0.2) is 0 Å². The van der Waals surface area contributed by atoms with Crippen LogP contribution in [0.25, 0.3) is 0 Å². The minimum absolute atomic E-state index is 0.155. The van der Waals surface area contributed by atoms with Crippen molar-refractivity contribution in [2.75, 3.05) is 13.2 Å². The second-order valence-corrected chi connectivity index (χ2v) is 5.62. The summed E-state index contributed by atoms with van der Waals surface area (Å²) in [5, 5.41) is 8.87. The lowest BCUT2D eigenvalue weighted by molar-refractivity contribution is 0.0167. The van der Waals surface area contributed by atoms with Crippen molar-refractivity contribution in [2.24, 2.45) is 0 Å². The van der Waals surface area contributed by atoms with Crippen LogP contribution in [0.15, 0.2) is 0 Å². The third kappa shape index (κ3) is 14.1. The van der Waals surface area contributed by atoms with Crippen molar-refractivity contribution in [3.8, 4) is 0 Å². The molecule has 0 fully saturated rings. The van der Waals surface area contributed by atoms with Crippen LogP contribution in [-0.4, -0.2) is 24.4 Å². The average Bonchev–Trinajstić information content (AvgIpc) is 2.43. The maximum atomic E-state index is 8.87. The molecule has 116 valence electrons. The maximum absolute atomic E-state index is 8.87. The van der Waals surface area contributed by atoms with Crippen molar-refractivity contribution in [2.45, 2.75) is 97.0 Å². The number of hydrogen-bond donors (Lipinski definition) is 1. The van der Waals surface area contributed by atoms with Crippen LogP contribution in [0.4, 0.5) is 0 Å². The third-order valence-electron chi connectivity index (χ3n) is 3.70. The highest BCUT2D eigenvalue weighted by atomic mass is 16.5. The van der Waals surface area contributed by atoms with E-state index in [0.717, 1.165) is 0 Å². The Morgan fingerprint density at radius 3 is 1.74 bits per heavy atom. The van der Waals surface area contributed by atoms with Crippen molar-refractivity contribution >= 4 is 0 Å². The summed E-state index contributed by atoms with van der Waals surface area (Å²) in [5.41, 5.74) is 0. The summed E-state index contributed by atoms with van der Waals surface area (Å²) >= 11 is 0. The molecule has 2 heteroatoms.